The number of urea groups is 1. The summed E-state index contributed by atoms with van der Waals surface area (Å²) in [4.78, 5) is 18.4. The van der Waals surface area contributed by atoms with Gasteiger partial charge in [0.1, 0.15) is 11.6 Å². The van der Waals surface area contributed by atoms with Gasteiger partial charge < -0.3 is 9.64 Å². The molecule has 2 aromatic rings. The Morgan fingerprint density at radius 1 is 1.56 bits per heavy atom. The fourth-order valence-electron chi connectivity index (χ4n) is 3.01. The quantitative estimate of drug-likeness (QED) is 0.819. The molecule has 1 fully saturated rings. The third-order valence-electron chi connectivity index (χ3n) is 4.34. The molecule has 1 N–H and O–H groups in total. The summed E-state index contributed by atoms with van der Waals surface area (Å²) in [6.45, 7) is 3.24. The van der Waals surface area contributed by atoms with Crippen LogP contribution in [-0.2, 0) is 4.74 Å². The number of likely N-dealkylation sites (tertiary alicyclic amines) is 1. The van der Waals surface area contributed by atoms with Gasteiger partial charge in [0.15, 0.2) is 0 Å². The van der Waals surface area contributed by atoms with E-state index in [0.29, 0.717) is 47.7 Å². The molecule has 1 saturated heterocycles. The molecule has 2 heterocycles. The van der Waals surface area contributed by atoms with E-state index >= 15 is 0 Å². The van der Waals surface area contributed by atoms with E-state index in [4.69, 9.17) is 16.3 Å². The topological polar surface area (TPSA) is 67.3 Å². The number of methoxy groups -OCH3 is 1. The van der Waals surface area contributed by atoms with Gasteiger partial charge in [-0.15, -0.1) is 0 Å². The fourth-order valence-corrected chi connectivity index (χ4v) is 3.74. The zero-order chi connectivity index (χ0) is 19.4. The number of carbonyl (C=O) groups is 1. The summed E-state index contributed by atoms with van der Waals surface area (Å²) >= 11 is 6.97. The summed E-state index contributed by atoms with van der Waals surface area (Å²) in [7, 11) is 1.61. The van der Waals surface area contributed by atoms with E-state index in [1.54, 1.807) is 31.1 Å². The Labute approximate surface area is 166 Å². The normalized spacial score (nSPS) is 18.7. The number of carbonyl (C=O) groups excluding carboxylic acids is 1. The fraction of sp³-hybridized carbons (Fsp3) is 0.389. The number of aromatic nitrogens is 2. The Morgan fingerprint density at radius 3 is 3.04 bits per heavy atom. The molecule has 0 saturated carbocycles. The monoisotopic (exact) mass is 410 g/mol. The predicted molar refractivity (Wildman–Crippen MR) is 105 cm³/mol. The average Bonchev–Trinajstić information content (AvgIpc) is 3.03. The molecule has 0 bridgehead atoms. The van der Waals surface area contributed by atoms with Crippen LogP contribution in [0.15, 0.2) is 23.8 Å². The molecule has 1 aliphatic heterocycles. The highest BCUT2D eigenvalue weighted by Crippen LogP contribution is 2.27. The largest absolute Gasteiger partial charge is 0.384 e. The van der Waals surface area contributed by atoms with Crippen molar-refractivity contribution in [3.8, 4) is 0 Å². The average molecular weight is 411 g/mol. The van der Waals surface area contributed by atoms with E-state index in [9.17, 15) is 9.18 Å². The van der Waals surface area contributed by atoms with E-state index < -0.39 is 0 Å². The second kappa shape index (κ2) is 8.77. The number of nitrogens with zero attached hydrogens (tertiary/aromatic N) is 3. The first-order chi connectivity index (χ1) is 13.0. The lowest BCUT2D eigenvalue weighted by molar-refractivity contribution is 0.130. The molecule has 1 aromatic carbocycles. The lowest BCUT2D eigenvalue weighted by atomic mass is 9.90. The Balaban J connectivity index is 1.72. The summed E-state index contributed by atoms with van der Waals surface area (Å²) in [5.41, 5.74) is 1.53. The predicted octanol–water partition coefficient (Wildman–Crippen LogP) is 4.22. The summed E-state index contributed by atoms with van der Waals surface area (Å²) in [6, 6.07) is 4.40. The van der Waals surface area contributed by atoms with Crippen molar-refractivity contribution in [1.82, 2.24) is 14.3 Å². The number of ether oxygens (including phenoxy) is 1. The third-order valence-corrected chi connectivity index (χ3v) is 5.29. The molecule has 1 unspecified atom stereocenters. The molecular formula is C18H20ClFN4O2S. The minimum Gasteiger partial charge on any atom is -0.384 e. The second-order valence-corrected chi connectivity index (χ2v) is 7.50. The molecule has 6 nitrogen and oxygen atoms in total. The molecule has 27 heavy (non-hydrogen) atoms. The smallest absolute Gasteiger partial charge is 0.323 e. The molecule has 1 aliphatic rings. The highest BCUT2D eigenvalue weighted by atomic mass is 35.5. The van der Waals surface area contributed by atoms with Crippen LogP contribution in [0.25, 0.3) is 6.08 Å². The van der Waals surface area contributed by atoms with Crippen LogP contribution in [0, 0.1) is 18.7 Å². The van der Waals surface area contributed by atoms with Gasteiger partial charge in [-0.2, -0.15) is 4.37 Å². The van der Waals surface area contributed by atoms with Crippen LogP contribution in [0.1, 0.15) is 17.8 Å². The Hall–Kier alpha value is -2.03. The molecule has 0 spiro atoms. The highest BCUT2D eigenvalue weighted by molar-refractivity contribution is 7.09. The van der Waals surface area contributed by atoms with Crippen LogP contribution in [0.3, 0.4) is 0 Å². The standard InChI is InChI=1S/C18H20ClFN4O2S/c1-11-21-17(27-23-11)22-18(25)24-6-5-12(14(9-24)10-26-2)7-13-3-4-15(19)8-16(13)20/h3-4,7-8,14H,5-6,9-10H2,1-2H3,(H,21,22,23,25)/b12-7-. The van der Waals surface area contributed by atoms with Crippen molar-refractivity contribution >= 4 is 40.4 Å². The number of aryl methyl sites for hydroxylation is 1. The van der Waals surface area contributed by atoms with Gasteiger partial charge >= 0.3 is 6.03 Å². The Bertz CT molecular complexity index is 858. The van der Waals surface area contributed by atoms with Crippen LogP contribution in [-0.4, -0.2) is 47.1 Å². The number of anilines is 1. The van der Waals surface area contributed by atoms with Gasteiger partial charge in [0.05, 0.1) is 6.61 Å². The van der Waals surface area contributed by atoms with Crippen molar-refractivity contribution in [2.45, 2.75) is 13.3 Å². The van der Waals surface area contributed by atoms with Crippen molar-refractivity contribution < 1.29 is 13.9 Å². The summed E-state index contributed by atoms with van der Waals surface area (Å²) in [5.74, 6) is 0.250. The molecular weight excluding hydrogens is 391 g/mol. The first kappa shape index (κ1) is 19.7. The Morgan fingerprint density at radius 2 is 2.37 bits per heavy atom. The molecule has 1 atom stereocenters. The number of amides is 2. The third kappa shape index (κ3) is 5.03. The van der Waals surface area contributed by atoms with Gasteiger partial charge in [-0.05, 0) is 25.5 Å². The van der Waals surface area contributed by atoms with E-state index in [1.165, 1.54) is 6.07 Å². The summed E-state index contributed by atoms with van der Waals surface area (Å²) < 4.78 is 23.5. The van der Waals surface area contributed by atoms with Crippen molar-refractivity contribution in [3.63, 3.8) is 0 Å². The molecule has 2 amide bonds. The number of halogens is 2. The van der Waals surface area contributed by atoms with E-state index in [1.807, 2.05) is 6.08 Å². The molecule has 0 aliphatic carbocycles. The maximum absolute atomic E-state index is 14.1. The van der Waals surface area contributed by atoms with E-state index in [-0.39, 0.29) is 17.8 Å². The maximum Gasteiger partial charge on any atom is 0.323 e. The van der Waals surface area contributed by atoms with Crippen molar-refractivity contribution in [1.29, 1.82) is 0 Å². The minimum absolute atomic E-state index is 0.0132. The highest BCUT2D eigenvalue weighted by Gasteiger charge is 2.28. The number of rotatable bonds is 4. The molecule has 144 valence electrons. The zero-order valence-electron chi connectivity index (χ0n) is 15.0. The zero-order valence-corrected chi connectivity index (χ0v) is 16.6. The second-order valence-electron chi connectivity index (χ2n) is 6.31. The molecule has 9 heteroatoms. The van der Waals surface area contributed by atoms with Gasteiger partial charge in [0, 0.05) is 48.2 Å². The van der Waals surface area contributed by atoms with Crippen molar-refractivity contribution in [3.05, 3.63) is 46.0 Å². The number of hydrogen-bond donors (Lipinski definition) is 1. The molecule has 3 rings (SSSR count). The van der Waals surface area contributed by atoms with Crippen molar-refractivity contribution in [2.24, 2.45) is 5.92 Å². The van der Waals surface area contributed by atoms with Crippen molar-refractivity contribution in [2.75, 3.05) is 32.1 Å². The summed E-state index contributed by atoms with van der Waals surface area (Å²) in [6.07, 6.45) is 2.47. The van der Waals surface area contributed by atoms with Crippen LogP contribution >= 0.6 is 23.1 Å². The van der Waals surface area contributed by atoms with Gasteiger partial charge in [0.2, 0.25) is 5.13 Å². The number of piperidine rings is 1. The van der Waals surface area contributed by atoms with E-state index in [0.717, 1.165) is 17.1 Å². The van der Waals surface area contributed by atoms with Crippen LogP contribution < -0.4 is 5.32 Å². The van der Waals surface area contributed by atoms with E-state index in [2.05, 4.69) is 14.7 Å². The maximum atomic E-state index is 14.1. The van der Waals surface area contributed by atoms with Gasteiger partial charge in [-0.3, -0.25) is 5.32 Å². The Kier molecular flexibility index (Phi) is 6.41. The van der Waals surface area contributed by atoms with Gasteiger partial charge in [0.25, 0.3) is 0 Å². The minimum atomic E-state index is -0.363. The molecule has 0 radical (unpaired) electrons. The number of benzene rings is 1. The first-order valence-electron chi connectivity index (χ1n) is 8.47. The first-order valence-corrected chi connectivity index (χ1v) is 9.62. The van der Waals surface area contributed by atoms with Crippen LogP contribution in [0.4, 0.5) is 14.3 Å². The van der Waals surface area contributed by atoms with Crippen LogP contribution in [0.2, 0.25) is 5.02 Å². The number of nitrogens with one attached hydrogen (secondary N) is 1. The lowest BCUT2D eigenvalue weighted by Crippen LogP contribution is -2.44. The molecule has 1 aromatic heterocycles. The summed E-state index contributed by atoms with van der Waals surface area (Å²) in [5, 5.41) is 3.61. The lowest BCUT2D eigenvalue weighted by Gasteiger charge is -2.34. The SMILES string of the molecule is COCC1CN(C(=O)Nc2nc(C)ns2)CC/C1=C/c1ccc(Cl)cc1F. The van der Waals surface area contributed by atoms with Crippen LogP contribution in [0.5, 0.6) is 0 Å². The van der Waals surface area contributed by atoms with Gasteiger partial charge in [-0.1, -0.05) is 29.3 Å². The number of hydrogen-bond acceptors (Lipinski definition) is 5. The van der Waals surface area contributed by atoms with Gasteiger partial charge in [-0.25, -0.2) is 14.2 Å².